The van der Waals surface area contributed by atoms with Gasteiger partial charge in [0.25, 0.3) is 0 Å². The molecular formula is C17H33N3O2S. The third-order valence-corrected chi connectivity index (χ3v) is 6.82. The van der Waals surface area contributed by atoms with Crippen molar-refractivity contribution in [3.8, 4) is 0 Å². The smallest absolute Gasteiger partial charge is 0.191 e. The molecular weight excluding hydrogens is 310 g/mol. The normalized spacial score (nSPS) is 25.4. The van der Waals surface area contributed by atoms with Crippen molar-refractivity contribution in [3.05, 3.63) is 0 Å². The van der Waals surface area contributed by atoms with E-state index in [0.29, 0.717) is 18.1 Å². The van der Waals surface area contributed by atoms with E-state index in [4.69, 9.17) is 0 Å². The first-order chi connectivity index (χ1) is 11.1. The average molecular weight is 344 g/mol. The number of guanidine groups is 1. The monoisotopic (exact) mass is 343 g/mol. The molecule has 2 aliphatic rings. The summed E-state index contributed by atoms with van der Waals surface area (Å²) in [6.45, 7) is 4.44. The van der Waals surface area contributed by atoms with E-state index in [1.807, 2.05) is 0 Å². The SMILES string of the molecule is CCNC(=NCC1CCS(=O)(=O)C1)NCCCC1CCCCC1. The summed E-state index contributed by atoms with van der Waals surface area (Å²) in [5.74, 6) is 2.59. The molecule has 0 aromatic carbocycles. The fraction of sp³-hybridized carbons (Fsp3) is 0.941. The van der Waals surface area contributed by atoms with Gasteiger partial charge in [-0.3, -0.25) is 4.99 Å². The lowest BCUT2D eigenvalue weighted by Gasteiger charge is -2.21. The van der Waals surface area contributed by atoms with E-state index in [2.05, 4.69) is 22.5 Å². The fourth-order valence-electron chi connectivity index (χ4n) is 3.65. The molecule has 0 amide bonds. The molecule has 2 fully saturated rings. The van der Waals surface area contributed by atoms with E-state index in [1.165, 1.54) is 44.9 Å². The molecule has 23 heavy (non-hydrogen) atoms. The summed E-state index contributed by atoms with van der Waals surface area (Å²) >= 11 is 0. The van der Waals surface area contributed by atoms with Crippen LogP contribution in [0.5, 0.6) is 0 Å². The van der Waals surface area contributed by atoms with Crippen molar-refractivity contribution in [2.75, 3.05) is 31.1 Å². The van der Waals surface area contributed by atoms with Crippen molar-refractivity contribution in [3.63, 3.8) is 0 Å². The Kier molecular flexibility index (Phi) is 7.66. The maximum Gasteiger partial charge on any atom is 0.191 e. The third-order valence-electron chi connectivity index (χ3n) is 4.98. The molecule has 0 aromatic heterocycles. The molecule has 6 heteroatoms. The van der Waals surface area contributed by atoms with E-state index >= 15 is 0 Å². The number of hydrogen-bond donors (Lipinski definition) is 2. The maximum absolute atomic E-state index is 11.5. The minimum atomic E-state index is -2.80. The molecule has 0 radical (unpaired) electrons. The summed E-state index contributed by atoms with van der Waals surface area (Å²) in [6, 6.07) is 0. The minimum absolute atomic E-state index is 0.192. The molecule has 1 atom stereocenters. The number of rotatable bonds is 7. The Bertz CT molecular complexity index is 470. The van der Waals surface area contributed by atoms with Gasteiger partial charge < -0.3 is 10.6 Å². The second kappa shape index (κ2) is 9.50. The van der Waals surface area contributed by atoms with Gasteiger partial charge in [0, 0.05) is 19.6 Å². The molecule has 1 saturated carbocycles. The van der Waals surface area contributed by atoms with Gasteiger partial charge in [0.1, 0.15) is 0 Å². The van der Waals surface area contributed by atoms with Crippen molar-refractivity contribution < 1.29 is 8.42 Å². The van der Waals surface area contributed by atoms with Crippen LogP contribution in [-0.4, -0.2) is 45.5 Å². The van der Waals surface area contributed by atoms with Gasteiger partial charge in [-0.25, -0.2) is 8.42 Å². The van der Waals surface area contributed by atoms with Gasteiger partial charge >= 0.3 is 0 Å². The first-order valence-corrected chi connectivity index (χ1v) is 11.1. The van der Waals surface area contributed by atoms with Crippen molar-refractivity contribution in [1.29, 1.82) is 0 Å². The van der Waals surface area contributed by atoms with Gasteiger partial charge in [-0.1, -0.05) is 32.1 Å². The Balaban J connectivity index is 1.67. The molecule has 0 bridgehead atoms. The van der Waals surface area contributed by atoms with Gasteiger partial charge in [0.05, 0.1) is 11.5 Å². The van der Waals surface area contributed by atoms with Crippen LogP contribution in [0.25, 0.3) is 0 Å². The Morgan fingerprint density at radius 3 is 2.52 bits per heavy atom. The van der Waals surface area contributed by atoms with Gasteiger partial charge in [0.2, 0.25) is 0 Å². The standard InChI is InChI=1S/C17H33N3O2S/c1-2-18-17(20-13-16-10-12-23(21,22)14-16)19-11-6-9-15-7-4-3-5-8-15/h15-16H,2-14H2,1H3,(H2,18,19,20). The summed E-state index contributed by atoms with van der Waals surface area (Å²) in [5.41, 5.74) is 0. The predicted molar refractivity (Wildman–Crippen MR) is 96.6 cm³/mol. The molecule has 1 saturated heterocycles. The third kappa shape index (κ3) is 7.10. The predicted octanol–water partition coefficient (Wildman–Crippen LogP) is 2.34. The Morgan fingerprint density at radius 2 is 1.87 bits per heavy atom. The van der Waals surface area contributed by atoms with Crippen LogP contribution in [0, 0.1) is 11.8 Å². The molecule has 1 aliphatic carbocycles. The van der Waals surface area contributed by atoms with Gasteiger partial charge in [-0.2, -0.15) is 0 Å². The molecule has 1 unspecified atom stereocenters. The van der Waals surface area contributed by atoms with E-state index < -0.39 is 9.84 Å². The van der Waals surface area contributed by atoms with Crippen LogP contribution in [0.1, 0.15) is 58.3 Å². The summed E-state index contributed by atoms with van der Waals surface area (Å²) in [7, 11) is -2.80. The summed E-state index contributed by atoms with van der Waals surface area (Å²) in [6.07, 6.45) is 10.3. The number of sulfone groups is 1. The Hall–Kier alpha value is -0.780. The van der Waals surface area contributed by atoms with Crippen molar-refractivity contribution in [1.82, 2.24) is 10.6 Å². The van der Waals surface area contributed by atoms with Gasteiger partial charge in [-0.05, 0) is 38.0 Å². The largest absolute Gasteiger partial charge is 0.357 e. The van der Waals surface area contributed by atoms with Crippen LogP contribution >= 0.6 is 0 Å². The van der Waals surface area contributed by atoms with Crippen LogP contribution in [0.15, 0.2) is 4.99 Å². The summed E-state index contributed by atoms with van der Waals surface area (Å²) in [4.78, 5) is 4.58. The molecule has 2 N–H and O–H groups in total. The van der Waals surface area contributed by atoms with Crippen molar-refractivity contribution in [2.24, 2.45) is 16.8 Å². The highest BCUT2D eigenvalue weighted by atomic mass is 32.2. The lowest BCUT2D eigenvalue weighted by atomic mass is 9.86. The van der Waals surface area contributed by atoms with Crippen LogP contribution in [0.3, 0.4) is 0 Å². The molecule has 134 valence electrons. The quantitative estimate of drug-likeness (QED) is 0.423. The topological polar surface area (TPSA) is 70.6 Å². The zero-order valence-corrected chi connectivity index (χ0v) is 15.3. The fourth-order valence-corrected chi connectivity index (χ4v) is 5.50. The summed E-state index contributed by atoms with van der Waals surface area (Å²) < 4.78 is 23.0. The highest BCUT2D eigenvalue weighted by Gasteiger charge is 2.27. The minimum Gasteiger partial charge on any atom is -0.357 e. The van der Waals surface area contributed by atoms with Crippen LogP contribution in [-0.2, 0) is 9.84 Å². The zero-order chi connectivity index (χ0) is 16.5. The Morgan fingerprint density at radius 1 is 1.09 bits per heavy atom. The first-order valence-electron chi connectivity index (χ1n) is 9.31. The number of nitrogens with one attached hydrogen (secondary N) is 2. The molecule has 0 aromatic rings. The maximum atomic E-state index is 11.5. The average Bonchev–Trinajstić information content (AvgIpc) is 2.89. The Labute approximate surface area is 141 Å². The van der Waals surface area contributed by atoms with E-state index in [-0.39, 0.29) is 5.92 Å². The molecule has 1 heterocycles. The van der Waals surface area contributed by atoms with Gasteiger partial charge in [0.15, 0.2) is 15.8 Å². The van der Waals surface area contributed by atoms with Crippen LogP contribution in [0.4, 0.5) is 0 Å². The lowest BCUT2D eigenvalue weighted by Crippen LogP contribution is -2.38. The first kappa shape index (κ1) is 18.6. The molecule has 0 spiro atoms. The van der Waals surface area contributed by atoms with Gasteiger partial charge in [-0.15, -0.1) is 0 Å². The highest BCUT2D eigenvalue weighted by molar-refractivity contribution is 7.91. The van der Waals surface area contributed by atoms with Crippen molar-refractivity contribution >= 4 is 15.8 Å². The zero-order valence-electron chi connectivity index (χ0n) is 14.5. The van der Waals surface area contributed by atoms with E-state index in [0.717, 1.165) is 31.4 Å². The number of hydrogen-bond acceptors (Lipinski definition) is 3. The molecule has 2 rings (SSSR count). The second-order valence-corrected chi connectivity index (χ2v) is 9.29. The lowest BCUT2D eigenvalue weighted by molar-refractivity contribution is 0.332. The molecule has 1 aliphatic heterocycles. The number of aliphatic imine (C=N–C) groups is 1. The number of nitrogens with zero attached hydrogens (tertiary/aromatic N) is 1. The van der Waals surface area contributed by atoms with E-state index in [1.54, 1.807) is 0 Å². The van der Waals surface area contributed by atoms with Crippen LogP contribution in [0.2, 0.25) is 0 Å². The second-order valence-electron chi connectivity index (χ2n) is 7.06. The van der Waals surface area contributed by atoms with Crippen LogP contribution < -0.4 is 10.6 Å². The molecule has 5 nitrogen and oxygen atoms in total. The van der Waals surface area contributed by atoms with E-state index in [9.17, 15) is 8.42 Å². The summed E-state index contributed by atoms with van der Waals surface area (Å²) in [5, 5.41) is 6.65. The van der Waals surface area contributed by atoms with Crippen molar-refractivity contribution in [2.45, 2.75) is 58.3 Å². The highest BCUT2D eigenvalue weighted by Crippen LogP contribution is 2.26.